The fourth-order valence-corrected chi connectivity index (χ4v) is 8.18. The topological polar surface area (TPSA) is 76.5 Å². The van der Waals surface area contributed by atoms with Crippen molar-refractivity contribution >= 4 is 58.8 Å². The summed E-state index contributed by atoms with van der Waals surface area (Å²) >= 11 is 3.55. The van der Waals surface area contributed by atoms with Gasteiger partial charge in [0.05, 0.1) is 26.3 Å². The van der Waals surface area contributed by atoms with Gasteiger partial charge in [0.25, 0.3) is 20.0 Å². The SMILES string of the molecule is O=S(=O)(c1ccccc1)N(C/C=C/c1ccccc1)c1c(Br)c2ccccc2n1S(=O)(=O)c1ccccc1. The molecule has 0 N–H and O–H groups in total. The lowest BCUT2D eigenvalue weighted by molar-refractivity contribution is 0.587. The van der Waals surface area contributed by atoms with Crippen molar-refractivity contribution in [1.29, 1.82) is 0 Å². The van der Waals surface area contributed by atoms with Crippen molar-refractivity contribution in [2.75, 3.05) is 10.8 Å². The van der Waals surface area contributed by atoms with E-state index < -0.39 is 20.0 Å². The number of fused-ring (bicyclic) bond motifs is 1. The minimum atomic E-state index is -4.18. The van der Waals surface area contributed by atoms with Crippen molar-refractivity contribution in [1.82, 2.24) is 3.97 Å². The van der Waals surface area contributed by atoms with Crippen LogP contribution in [0.2, 0.25) is 0 Å². The van der Waals surface area contributed by atoms with Crippen LogP contribution in [0.5, 0.6) is 0 Å². The summed E-state index contributed by atoms with van der Waals surface area (Å²) < 4.78 is 58.9. The van der Waals surface area contributed by atoms with Crippen LogP contribution in [0.15, 0.2) is 136 Å². The van der Waals surface area contributed by atoms with E-state index in [4.69, 9.17) is 0 Å². The molecule has 0 aliphatic rings. The van der Waals surface area contributed by atoms with Crippen molar-refractivity contribution in [2.45, 2.75) is 9.79 Å². The molecule has 0 saturated heterocycles. The first kappa shape index (κ1) is 26.0. The zero-order chi connectivity index (χ0) is 26.8. The van der Waals surface area contributed by atoms with Gasteiger partial charge in [-0.15, -0.1) is 0 Å². The van der Waals surface area contributed by atoms with Gasteiger partial charge in [-0.2, -0.15) is 0 Å². The molecular formula is C29H23BrN2O4S2. The Labute approximate surface area is 230 Å². The third kappa shape index (κ3) is 4.80. The molecule has 0 bridgehead atoms. The smallest absolute Gasteiger partial charge is 0.245 e. The first-order chi connectivity index (χ1) is 18.3. The second-order valence-electron chi connectivity index (χ2n) is 8.40. The standard InChI is InChI=1S/C29H23BrN2O4S2/c30-28-26-20-10-11-21-27(26)32(38(35,36)25-18-8-3-9-19-25)29(28)31(22-12-15-23-13-4-1-5-14-23)37(33,34)24-16-6-2-7-17-24/h1-21H,22H2/b15-12+. The number of sulfonamides is 1. The number of aromatic nitrogens is 1. The second-order valence-corrected chi connectivity index (χ2v) is 12.8. The van der Waals surface area contributed by atoms with Crippen molar-refractivity contribution in [3.8, 4) is 0 Å². The molecule has 5 aromatic rings. The maximum atomic E-state index is 14.1. The van der Waals surface area contributed by atoms with Crippen LogP contribution < -0.4 is 4.31 Å². The normalized spacial score (nSPS) is 12.2. The van der Waals surface area contributed by atoms with Gasteiger partial charge < -0.3 is 0 Å². The number of nitrogens with zero attached hydrogens (tertiary/aromatic N) is 2. The first-order valence-corrected chi connectivity index (χ1v) is 15.4. The van der Waals surface area contributed by atoms with Crippen LogP contribution in [-0.2, 0) is 20.0 Å². The molecule has 0 spiro atoms. The van der Waals surface area contributed by atoms with Crippen LogP contribution in [-0.4, -0.2) is 27.4 Å². The van der Waals surface area contributed by atoms with Crippen LogP contribution in [0.1, 0.15) is 5.56 Å². The van der Waals surface area contributed by atoms with E-state index in [0.29, 0.717) is 15.4 Å². The Hall–Kier alpha value is -3.66. The zero-order valence-electron chi connectivity index (χ0n) is 20.1. The average molecular weight is 608 g/mol. The predicted molar refractivity (Wildman–Crippen MR) is 155 cm³/mol. The number of halogens is 1. The summed E-state index contributed by atoms with van der Waals surface area (Å²) in [5.74, 6) is -0.00313. The number of rotatable bonds is 8. The zero-order valence-corrected chi connectivity index (χ0v) is 23.3. The van der Waals surface area contributed by atoms with Gasteiger partial charge >= 0.3 is 0 Å². The molecule has 0 atom stereocenters. The minimum absolute atomic E-state index is 0.00313. The highest BCUT2D eigenvalue weighted by molar-refractivity contribution is 9.10. The molecule has 38 heavy (non-hydrogen) atoms. The van der Waals surface area contributed by atoms with E-state index in [1.165, 1.54) is 24.3 Å². The Kier molecular flexibility index (Phi) is 7.25. The summed E-state index contributed by atoms with van der Waals surface area (Å²) in [5.41, 5.74) is 1.25. The highest BCUT2D eigenvalue weighted by Crippen LogP contribution is 2.41. The Balaban J connectivity index is 1.78. The lowest BCUT2D eigenvalue weighted by Gasteiger charge is -2.25. The molecule has 0 radical (unpaired) electrons. The van der Waals surface area contributed by atoms with Crippen LogP contribution >= 0.6 is 15.9 Å². The number of anilines is 1. The van der Waals surface area contributed by atoms with Crippen LogP contribution in [0, 0.1) is 0 Å². The third-order valence-corrected chi connectivity index (χ3v) is 10.2. The maximum Gasteiger partial charge on any atom is 0.269 e. The molecule has 0 unspecified atom stereocenters. The average Bonchev–Trinajstić information content (AvgIpc) is 3.25. The number of para-hydroxylation sites is 1. The number of benzene rings is 4. The summed E-state index contributed by atoms with van der Waals surface area (Å²) in [5, 5.41) is 0.572. The van der Waals surface area contributed by atoms with Crippen LogP contribution in [0.4, 0.5) is 5.82 Å². The molecule has 9 heteroatoms. The Morgan fingerprint density at radius 2 is 1.21 bits per heavy atom. The van der Waals surface area contributed by atoms with Gasteiger partial charge in [-0.05, 0) is 51.8 Å². The predicted octanol–water partition coefficient (Wildman–Crippen LogP) is 6.55. The van der Waals surface area contributed by atoms with Gasteiger partial charge in [0.15, 0.2) is 5.82 Å². The molecule has 0 amide bonds. The van der Waals surface area contributed by atoms with Gasteiger partial charge in [-0.3, -0.25) is 0 Å². The molecule has 1 heterocycles. The van der Waals surface area contributed by atoms with E-state index >= 15 is 0 Å². The largest absolute Gasteiger partial charge is 0.269 e. The molecule has 0 saturated carbocycles. The quantitative estimate of drug-likeness (QED) is 0.201. The first-order valence-electron chi connectivity index (χ1n) is 11.7. The minimum Gasteiger partial charge on any atom is -0.245 e. The van der Waals surface area contributed by atoms with Gasteiger partial charge in [-0.25, -0.2) is 25.1 Å². The Morgan fingerprint density at radius 3 is 1.84 bits per heavy atom. The molecule has 0 aliphatic heterocycles. The second kappa shape index (κ2) is 10.6. The van der Waals surface area contributed by atoms with E-state index in [0.717, 1.165) is 13.8 Å². The molecule has 0 fully saturated rings. The molecule has 1 aromatic heterocycles. The van der Waals surface area contributed by atoms with E-state index in [9.17, 15) is 16.8 Å². The molecular weight excluding hydrogens is 584 g/mol. The maximum absolute atomic E-state index is 14.1. The summed E-state index contributed by atoms with van der Waals surface area (Å²) in [6, 6.07) is 32.4. The van der Waals surface area contributed by atoms with Gasteiger partial charge in [-0.1, -0.05) is 97.1 Å². The molecule has 6 nitrogen and oxygen atoms in total. The van der Waals surface area contributed by atoms with E-state index in [2.05, 4.69) is 15.9 Å². The Bertz CT molecular complexity index is 1820. The molecule has 192 valence electrons. The van der Waals surface area contributed by atoms with Crippen molar-refractivity contribution in [2.24, 2.45) is 0 Å². The van der Waals surface area contributed by atoms with Crippen LogP contribution in [0.3, 0.4) is 0 Å². The summed E-state index contributed by atoms with van der Waals surface area (Å²) in [4.78, 5) is 0.0975. The van der Waals surface area contributed by atoms with E-state index in [1.807, 2.05) is 30.3 Å². The Morgan fingerprint density at radius 1 is 0.684 bits per heavy atom. The monoisotopic (exact) mass is 606 g/mol. The fourth-order valence-electron chi connectivity index (χ4n) is 4.18. The lowest BCUT2D eigenvalue weighted by atomic mass is 10.2. The summed E-state index contributed by atoms with van der Waals surface area (Å²) in [7, 11) is -8.36. The lowest BCUT2D eigenvalue weighted by Crippen LogP contribution is -2.34. The summed E-state index contributed by atoms with van der Waals surface area (Å²) in [6.07, 6.45) is 3.51. The highest BCUT2D eigenvalue weighted by Gasteiger charge is 2.34. The highest BCUT2D eigenvalue weighted by atomic mass is 79.9. The van der Waals surface area contributed by atoms with Gasteiger partial charge in [0, 0.05) is 5.39 Å². The summed E-state index contributed by atoms with van der Waals surface area (Å²) in [6.45, 7) is -0.106. The molecule has 5 rings (SSSR count). The van der Waals surface area contributed by atoms with Gasteiger partial charge in [0.2, 0.25) is 0 Å². The van der Waals surface area contributed by atoms with Crippen molar-refractivity contribution < 1.29 is 16.8 Å². The van der Waals surface area contributed by atoms with E-state index in [1.54, 1.807) is 72.8 Å². The molecule has 0 aliphatic carbocycles. The molecule has 4 aromatic carbocycles. The fraction of sp³-hybridized carbons (Fsp3) is 0.0345. The van der Waals surface area contributed by atoms with E-state index in [-0.39, 0.29) is 22.2 Å². The number of hydrogen-bond donors (Lipinski definition) is 0. The third-order valence-electron chi connectivity index (χ3n) is 5.98. The van der Waals surface area contributed by atoms with Crippen molar-refractivity contribution in [3.63, 3.8) is 0 Å². The number of hydrogen-bond acceptors (Lipinski definition) is 4. The van der Waals surface area contributed by atoms with Gasteiger partial charge in [0.1, 0.15) is 0 Å². The van der Waals surface area contributed by atoms with Crippen LogP contribution in [0.25, 0.3) is 17.0 Å². The van der Waals surface area contributed by atoms with Crippen molar-refractivity contribution in [3.05, 3.63) is 131 Å².